The van der Waals surface area contributed by atoms with Crippen LogP contribution in [0.2, 0.25) is 0 Å². The molecule has 1 unspecified atom stereocenters. The average Bonchev–Trinajstić information content (AvgIpc) is 2.59. The number of benzene rings is 2. The third-order valence-electron chi connectivity index (χ3n) is 3.75. The molecule has 0 fully saturated rings. The first-order valence-electron chi connectivity index (χ1n) is 7.46. The van der Waals surface area contributed by atoms with Gasteiger partial charge in [0.1, 0.15) is 0 Å². The fourth-order valence-electron chi connectivity index (χ4n) is 2.33. The molecule has 1 N–H and O–H groups in total. The summed E-state index contributed by atoms with van der Waals surface area (Å²) >= 11 is 0. The van der Waals surface area contributed by atoms with Gasteiger partial charge >= 0.3 is 0 Å². The minimum absolute atomic E-state index is 0.0224. The second kappa shape index (κ2) is 8.35. The van der Waals surface area contributed by atoms with E-state index in [0.717, 1.165) is 11.1 Å². The third-order valence-corrected chi connectivity index (χ3v) is 3.75. The van der Waals surface area contributed by atoms with Gasteiger partial charge < -0.3 is 9.84 Å². The summed E-state index contributed by atoms with van der Waals surface area (Å²) in [7, 11) is 0. The van der Waals surface area contributed by atoms with E-state index in [1.165, 1.54) is 0 Å². The van der Waals surface area contributed by atoms with Crippen LogP contribution in [-0.2, 0) is 11.3 Å². The minimum Gasteiger partial charge on any atom is -0.387 e. The maximum absolute atomic E-state index is 10.5. The second-order valence-corrected chi connectivity index (χ2v) is 5.32. The summed E-state index contributed by atoms with van der Waals surface area (Å²) in [5.41, 5.74) is 5.71. The van der Waals surface area contributed by atoms with Crippen molar-refractivity contribution in [2.24, 2.45) is 0 Å². The van der Waals surface area contributed by atoms with E-state index in [1.54, 1.807) is 0 Å². The smallest absolute Gasteiger partial charge is 0.0912 e. The van der Waals surface area contributed by atoms with Crippen LogP contribution >= 0.6 is 0 Å². The Balaban J connectivity index is 1.92. The Morgan fingerprint density at radius 2 is 1.68 bits per heavy atom. The van der Waals surface area contributed by atoms with Gasteiger partial charge in [-0.15, -0.1) is 5.73 Å². The lowest BCUT2D eigenvalue weighted by Crippen LogP contribution is -2.21. The zero-order valence-electron chi connectivity index (χ0n) is 12.9. The van der Waals surface area contributed by atoms with E-state index in [-0.39, 0.29) is 5.92 Å². The fraction of sp³-hybridized carbons (Fsp3) is 0.250. The van der Waals surface area contributed by atoms with Crippen LogP contribution in [0.4, 0.5) is 0 Å². The summed E-state index contributed by atoms with van der Waals surface area (Å²) in [5, 5.41) is 10.5. The Kier molecular flexibility index (Phi) is 6.17. The van der Waals surface area contributed by atoms with E-state index < -0.39 is 6.10 Å². The van der Waals surface area contributed by atoms with Gasteiger partial charge in [0.25, 0.3) is 0 Å². The maximum Gasteiger partial charge on any atom is 0.0912 e. The molecule has 0 aliphatic carbocycles. The van der Waals surface area contributed by atoms with Crippen molar-refractivity contribution in [2.75, 3.05) is 6.61 Å². The van der Waals surface area contributed by atoms with Gasteiger partial charge in [-0.2, -0.15) is 0 Å². The summed E-state index contributed by atoms with van der Waals surface area (Å²) in [6.45, 7) is 6.52. The van der Waals surface area contributed by atoms with E-state index >= 15 is 0 Å². The highest BCUT2D eigenvalue weighted by Crippen LogP contribution is 2.23. The molecule has 2 nitrogen and oxygen atoms in total. The molecule has 2 heteroatoms. The van der Waals surface area contributed by atoms with Crippen molar-refractivity contribution in [3.05, 3.63) is 89.7 Å². The zero-order chi connectivity index (χ0) is 15.8. The number of aliphatic hydroxyl groups excluding tert-OH is 1. The van der Waals surface area contributed by atoms with Gasteiger partial charge in [0, 0.05) is 11.5 Å². The summed E-state index contributed by atoms with van der Waals surface area (Å²) in [4.78, 5) is 0. The van der Waals surface area contributed by atoms with Crippen molar-refractivity contribution in [1.82, 2.24) is 0 Å². The van der Waals surface area contributed by atoms with E-state index in [0.29, 0.717) is 18.8 Å². The Labute approximate surface area is 132 Å². The van der Waals surface area contributed by atoms with Gasteiger partial charge in [-0.05, 0) is 11.1 Å². The van der Waals surface area contributed by atoms with Gasteiger partial charge in [-0.25, -0.2) is 0 Å². The predicted molar refractivity (Wildman–Crippen MR) is 89.6 cm³/mol. The van der Waals surface area contributed by atoms with Crippen LogP contribution in [0.3, 0.4) is 0 Å². The Morgan fingerprint density at radius 1 is 1.09 bits per heavy atom. The monoisotopic (exact) mass is 294 g/mol. The molecule has 0 radical (unpaired) electrons. The largest absolute Gasteiger partial charge is 0.387 e. The fourth-order valence-corrected chi connectivity index (χ4v) is 2.33. The molecule has 22 heavy (non-hydrogen) atoms. The topological polar surface area (TPSA) is 29.5 Å². The summed E-state index contributed by atoms with van der Waals surface area (Å²) < 4.78 is 5.68. The average molecular weight is 294 g/mol. The number of ether oxygens (including phenoxy) is 1. The van der Waals surface area contributed by atoms with E-state index in [1.807, 2.05) is 67.6 Å². The summed E-state index contributed by atoms with van der Waals surface area (Å²) in [6, 6.07) is 19.9. The first-order valence-corrected chi connectivity index (χ1v) is 7.46. The molecule has 0 aromatic heterocycles. The molecule has 0 bridgehead atoms. The molecule has 2 atom stereocenters. The van der Waals surface area contributed by atoms with E-state index in [4.69, 9.17) is 4.74 Å². The quantitative estimate of drug-likeness (QED) is 0.780. The summed E-state index contributed by atoms with van der Waals surface area (Å²) in [6.07, 6.45) is -0.643. The molecular weight excluding hydrogens is 272 g/mol. The highest BCUT2D eigenvalue weighted by molar-refractivity contribution is 5.24. The molecule has 0 aliphatic rings. The second-order valence-electron chi connectivity index (χ2n) is 5.32. The molecule has 2 aromatic carbocycles. The number of aliphatic hydroxyl groups is 1. The Morgan fingerprint density at radius 3 is 2.27 bits per heavy atom. The number of hydrogen-bond donors (Lipinski definition) is 1. The predicted octanol–water partition coefficient (Wildman–Crippen LogP) is 4.08. The van der Waals surface area contributed by atoms with Crippen molar-refractivity contribution < 1.29 is 9.84 Å². The molecule has 114 valence electrons. The Hall–Kier alpha value is -2.12. The molecule has 0 saturated heterocycles. The molecular formula is C20H22O2. The lowest BCUT2D eigenvalue weighted by molar-refractivity contribution is 0.109. The SMILES string of the molecule is C=C=C(COCc1ccccc1)[C@H](O)C(C)c1ccccc1. The van der Waals surface area contributed by atoms with Crippen molar-refractivity contribution in [3.63, 3.8) is 0 Å². The highest BCUT2D eigenvalue weighted by atomic mass is 16.5. The highest BCUT2D eigenvalue weighted by Gasteiger charge is 2.20. The lowest BCUT2D eigenvalue weighted by Gasteiger charge is -2.21. The summed E-state index contributed by atoms with van der Waals surface area (Å²) in [5.74, 6) is -0.0224. The van der Waals surface area contributed by atoms with Crippen LogP contribution in [-0.4, -0.2) is 17.8 Å². The van der Waals surface area contributed by atoms with Crippen molar-refractivity contribution >= 4 is 0 Å². The van der Waals surface area contributed by atoms with Crippen LogP contribution in [0.1, 0.15) is 24.0 Å². The normalized spacial score (nSPS) is 13.2. The first-order chi connectivity index (χ1) is 10.7. The zero-order valence-corrected chi connectivity index (χ0v) is 12.9. The van der Waals surface area contributed by atoms with E-state index in [9.17, 15) is 5.11 Å². The molecule has 2 aromatic rings. The number of rotatable bonds is 7. The van der Waals surface area contributed by atoms with E-state index in [2.05, 4.69) is 12.3 Å². The standard InChI is InChI=1S/C20H22O2/c1-3-18(15-22-14-17-10-6-4-7-11-17)20(21)16(2)19-12-8-5-9-13-19/h4-13,16,20-21H,1,14-15H2,2H3/t16?,20-/m1/s1. The van der Waals surface area contributed by atoms with Crippen LogP contribution in [0.5, 0.6) is 0 Å². The molecule has 0 aliphatic heterocycles. The van der Waals surface area contributed by atoms with Crippen LogP contribution in [0.15, 0.2) is 78.5 Å². The minimum atomic E-state index is -0.643. The van der Waals surface area contributed by atoms with Crippen molar-refractivity contribution in [2.45, 2.75) is 25.6 Å². The molecule has 0 spiro atoms. The lowest BCUT2D eigenvalue weighted by atomic mass is 9.91. The molecule has 0 saturated carbocycles. The van der Waals surface area contributed by atoms with Crippen LogP contribution < -0.4 is 0 Å². The van der Waals surface area contributed by atoms with Gasteiger partial charge in [-0.3, -0.25) is 0 Å². The molecule has 2 rings (SSSR count). The van der Waals surface area contributed by atoms with Crippen molar-refractivity contribution in [1.29, 1.82) is 0 Å². The van der Waals surface area contributed by atoms with Gasteiger partial charge in [-0.1, -0.05) is 74.2 Å². The van der Waals surface area contributed by atoms with Crippen LogP contribution in [0.25, 0.3) is 0 Å². The Bertz CT molecular complexity index is 613. The first kappa shape index (κ1) is 16.3. The van der Waals surface area contributed by atoms with Crippen molar-refractivity contribution in [3.8, 4) is 0 Å². The van der Waals surface area contributed by atoms with Crippen LogP contribution in [0, 0.1) is 0 Å². The maximum atomic E-state index is 10.5. The van der Waals surface area contributed by atoms with Gasteiger partial charge in [0.15, 0.2) is 0 Å². The third kappa shape index (κ3) is 4.44. The van der Waals surface area contributed by atoms with Gasteiger partial charge in [0.05, 0.1) is 19.3 Å². The molecule has 0 amide bonds. The molecule has 0 heterocycles. The number of hydrogen-bond acceptors (Lipinski definition) is 2. The van der Waals surface area contributed by atoms with Gasteiger partial charge in [0.2, 0.25) is 0 Å².